The van der Waals surface area contributed by atoms with Gasteiger partial charge in [-0.2, -0.15) is 0 Å². The smallest absolute Gasteiger partial charge is 0.268 e. The highest BCUT2D eigenvalue weighted by Crippen LogP contribution is 2.38. The monoisotopic (exact) mass is 325 g/mol. The van der Waals surface area contributed by atoms with Crippen molar-refractivity contribution >= 4 is 7.82 Å². The first-order chi connectivity index (χ1) is 9.91. The van der Waals surface area contributed by atoms with Gasteiger partial charge in [0.25, 0.3) is 7.82 Å². The summed E-state index contributed by atoms with van der Waals surface area (Å²) in [5.74, 6) is 0. The van der Waals surface area contributed by atoms with Crippen LogP contribution >= 0.6 is 7.82 Å². The Balaban J connectivity index is 2.24. The molecule has 0 aromatic carbocycles. The zero-order chi connectivity index (χ0) is 15.8. The van der Waals surface area contributed by atoms with Gasteiger partial charge in [-0.1, -0.05) is 0 Å². The van der Waals surface area contributed by atoms with Gasteiger partial charge in [-0.15, -0.1) is 0 Å². The van der Waals surface area contributed by atoms with Gasteiger partial charge in [0, 0.05) is 26.6 Å². The highest BCUT2D eigenvalue weighted by Gasteiger charge is 2.27. The van der Waals surface area contributed by atoms with Crippen molar-refractivity contribution in [2.45, 2.75) is 25.9 Å². The minimum atomic E-state index is -4.27. The summed E-state index contributed by atoms with van der Waals surface area (Å²) in [7, 11) is -0.665. The molecule has 1 aliphatic rings. The molecule has 0 N–H and O–H groups in total. The molecule has 0 amide bonds. The molecule has 0 aromatic rings. The second kappa shape index (κ2) is 9.20. The van der Waals surface area contributed by atoms with Crippen LogP contribution in [0.3, 0.4) is 0 Å². The Morgan fingerprint density at radius 1 is 1.24 bits per heavy atom. The number of nitrogens with zero attached hydrogens (tertiary/aromatic N) is 1. The van der Waals surface area contributed by atoms with Crippen LogP contribution < -0.4 is 4.89 Å². The van der Waals surface area contributed by atoms with Gasteiger partial charge in [0.05, 0.1) is 33.4 Å². The minimum Gasteiger partial charge on any atom is -0.756 e. The fraction of sp³-hybridized carbons (Fsp3) is 1.00. The number of hydrogen-bond donors (Lipinski definition) is 0. The second-order valence-corrected chi connectivity index (χ2v) is 7.00. The van der Waals surface area contributed by atoms with Crippen molar-refractivity contribution < 1.29 is 32.5 Å². The van der Waals surface area contributed by atoms with E-state index in [9.17, 15) is 9.46 Å². The Morgan fingerprint density at radius 2 is 1.90 bits per heavy atom. The van der Waals surface area contributed by atoms with E-state index in [1.807, 2.05) is 6.92 Å². The Morgan fingerprint density at radius 3 is 2.48 bits per heavy atom. The summed E-state index contributed by atoms with van der Waals surface area (Å²) in [6.07, 6.45) is 1.96. The van der Waals surface area contributed by atoms with Crippen LogP contribution in [0.1, 0.15) is 19.8 Å². The zero-order valence-corrected chi connectivity index (χ0v) is 14.2. The maximum absolute atomic E-state index is 11.7. The molecule has 1 fully saturated rings. The average molecular weight is 325 g/mol. The van der Waals surface area contributed by atoms with Crippen molar-refractivity contribution in [2.24, 2.45) is 0 Å². The van der Waals surface area contributed by atoms with E-state index in [0.29, 0.717) is 19.8 Å². The third-order valence-electron chi connectivity index (χ3n) is 3.79. The number of phosphoric ester groups is 1. The third kappa shape index (κ3) is 7.70. The topological polar surface area (TPSA) is 77.1 Å². The molecule has 0 bridgehead atoms. The number of rotatable bonds is 11. The molecule has 8 heteroatoms. The molecule has 0 saturated carbocycles. The van der Waals surface area contributed by atoms with Crippen molar-refractivity contribution in [3.05, 3.63) is 0 Å². The van der Waals surface area contributed by atoms with Gasteiger partial charge in [-0.05, 0) is 6.92 Å². The molecule has 1 saturated heterocycles. The van der Waals surface area contributed by atoms with Crippen molar-refractivity contribution in [2.75, 3.05) is 60.2 Å². The molecular formula is C13H28NO6P. The third-order valence-corrected chi connectivity index (χ3v) is 4.75. The van der Waals surface area contributed by atoms with E-state index < -0.39 is 13.9 Å². The lowest BCUT2D eigenvalue weighted by atomic mass is 10.4. The van der Waals surface area contributed by atoms with Gasteiger partial charge in [0.15, 0.2) is 0 Å². The van der Waals surface area contributed by atoms with Crippen LogP contribution in [0.4, 0.5) is 0 Å². The molecule has 0 radical (unpaired) electrons. The number of quaternary nitrogens is 1. The Hall–Kier alpha value is -0.0100. The maximum atomic E-state index is 11.7. The van der Waals surface area contributed by atoms with Gasteiger partial charge >= 0.3 is 0 Å². The van der Waals surface area contributed by atoms with E-state index in [0.717, 1.165) is 17.6 Å². The van der Waals surface area contributed by atoms with Crippen molar-refractivity contribution in [3.8, 4) is 0 Å². The van der Waals surface area contributed by atoms with Crippen LogP contribution in [0.25, 0.3) is 0 Å². The summed E-state index contributed by atoms with van der Waals surface area (Å²) < 4.78 is 32.6. The Labute approximate surface area is 127 Å². The zero-order valence-electron chi connectivity index (χ0n) is 13.3. The highest BCUT2D eigenvalue weighted by atomic mass is 31.2. The molecule has 1 rings (SSSR count). The van der Waals surface area contributed by atoms with E-state index in [2.05, 4.69) is 7.05 Å². The van der Waals surface area contributed by atoms with Crippen molar-refractivity contribution in [1.29, 1.82) is 0 Å². The second-order valence-electron chi connectivity index (χ2n) is 5.59. The molecule has 7 nitrogen and oxygen atoms in total. The molecule has 2 atom stereocenters. The van der Waals surface area contributed by atoms with Crippen LogP contribution in [0.5, 0.6) is 0 Å². The van der Waals surface area contributed by atoms with Gasteiger partial charge in [0.1, 0.15) is 19.3 Å². The summed E-state index contributed by atoms with van der Waals surface area (Å²) in [4.78, 5) is 11.7. The molecule has 0 spiro atoms. The maximum Gasteiger partial charge on any atom is 0.268 e. The number of likely N-dealkylation sites (tertiary alicyclic amines) is 1. The summed E-state index contributed by atoms with van der Waals surface area (Å²) >= 11 is 0. The first-order valence-corrected chi connectivity index (χ1v) is 8.91. The predicted molar refractivity (Wildman–Crippen MR) is 76.8 cm³/mol. The lowest BCUT2D eigenvalue weighted by Crippen LogP contribution is -2.43. The van der Waals surface area contributed by atoms with E-state index in [-0.39, 0.29) is 13.2 Å². The van der Waals surface area contributed by atoms with Gasteiger partial charge in [0.2, 0.25) is 0 Å². The van der Waals surface area contributed by atoms with E-state index in [1.165, 1.54) is 20.0 Å². The predicted octanol–water partition coefficient (Wildman–Crippen LogP) is 0.780. The molecule has 1 heterocycles. The van der Waals surface area contributed by atoms with E-state index in [1.54, 1.807) is 0 Å². The average Bonchev–Trinajstić information content (AvgIpc) is 2.85. The first kappa shape index (κ1) is 19.0. The van der Waals surface area contributed by atoms with E-state index in [4.69, 9.17) is 18.5 Å². The molecule has 0 aromatic heterocycles. The normalized spacial score (nSPS) is 22.1. The Bertz CT molecular complexity index is 335. The first-order valence-electron chi connectivity index (χ1n) is 7.45. The quantitative estimate of drug-likeness (QED) is 0.413. The van der Waals surface area contributed by atoms with E-state index >= 15 is 0 Å². The molecule has 1 unspecified atom stereocenters. The van der Waals surface area contributed by atoms with Gasteiger partial charge < -0.3 is 27.9 Å². The molecule has 21 heavy (non-hydrogen) atoms. The summed E-state index contributed by atoms with van der Waals surface area (Å²) in [6, 6.07) is 0. The fourth-order valence-corrected chi connectivity index (χ4v) is 3.07. The van der Waals surface area contributed by atoms with Crippen LogP contribution in [-0.2, 0) is 23.1 Å². The summed E-state index contributed by atoms with van der Waals surface area (Å²) in [6.45, 7) is 5.59. The number of methoxy groups -OCH3 is 1. The van der Waals surface area contributed by atoms with Gasteiger partial charge in [-0.3, -0.25) is 4.57 Å². The largest absolute Gasteiger partial charge is 0.756 e. The molecule has 0 aliphatic carbocycles. The molecule has 1 aliphatic heterocycles. The molecular weight excluding hydrogens is 297 g/mol. The Kier molecular flexibility index (Phi) is 8.34. The number of ether oxygens (including phenoxy) is 2. The van der Waals surface area contributed by atoms with Crippen LogP contribution in [-0.4, -0.2) is 70.8 Å². The highest BCUT2D eigenvalue weighted by molar-refractivity contribution is 7.45. The standard InChI is InChI=1S/C13H28NO6P/c1-4-18-11-13(17-3)12-20-21(15,16)19-10-9-14(2)7-5-6-8-14/h13H,4-12H2,1-3H3/t13-/m0/s1. The summed E-state index contributed by atoms with van der Waals surface area (Å²) in [5, 5.41) is 0. The SMILES string of the molecule is CCOC[C@@H](COP(=O)([O-])OCC[N+]1(C)CCCC1)OC. The van der Waals surface area contributed by atoms with Gasteiger partial charge in [-0.25, -0.2) is 0 Å². The lowest BCUT2D eigenvalue weighted by Gasteiger charge is -2.31. The fourth-order valence-electron chi connectivity index (χ4n) is 2.34. The number of phosphoric acid groups is 1. The molecule has 126 valence electrons. The number of likely N-dealkylation sites (N-methyl/N-ethyl adjacent to an activating group) is 1. The van der Waals surface area contributed by atoms with Crippen molar-refractivity contribution in [1.82, 2.24) is 0 Å². The van der Waals surface area contributed by atoms with Crippen molar-refractivity contribution in [3.63, 3.8) is 0 Å². The summed E-state index contributed by atoms with van der Waals surface area (Å²) in [5.41, 5.74) is 0. The lowest BCUT2D eigenvalue weighted by molar-refractivity contribution is -0.897. The number of hydrogen-bond acceptors (Lipinski definition) is 6. The van der Waals surface area contributed by atoms with Crippen LogP contribution in [0.2, 0.25) is 0 Å². The van der Waals surface area contributed by atoms with Crippen LogP contribution in [0, 0.1) is 0 Å². The minimum absolute atomic E-state index is 0.0938. The van der Waals surface area contributed by atoms with Crippen LogP contribution in [0.15, 0.2) is 0 Å².